The largest absolute Gasteiger partial charge is 0.347 e. The molecule has 1 aliphatic carbocycles. The average Bonchev–Trinajstić information content (AvgIpc) is 2.68. The first-order chi connectivity index (χ1) is 12.1. The van der Waals surface area contributed by atoms with E-state index in [4.69, 9.17) is 0 Å². The molecule has 2 atom stereocenters. The zero-order valence-electron chi connectivity index (χ0n) is 17.0. The summed E-state index contributed by atoms with van der Waals surface area (Å²) in [5.74, 6) is 1.08. The fraction of sp³-hybridized carbons (Fsp3) is 0.545. The first kappa shape index (κ1) is 25.2. The minimum absolute atomic E-state index is 0. The van der Waals surface area contributed by atoms with Crippen molar-refractivity contribution in [3.05, 3.63) is 46.8 Å². The molecule has 2 unspecified atom stereocenters. The van der Waals surface area contributed by atoms with Gasteiger partial charge in [-0.3, -0.25) is 9.59 Å². The van der Waals surface area contributed by atoms with Gasteiger partial charge in [0.1, 0.15) is 5.78 Å². The summed E-state index contributed by atoms with van der Waals surface area (Å²) in [6.45, 7) is 10.6. The van der Waals surface area contributed by atoms with Crippen LogP contribution in [-0.2, 0) is 44.0 Å². The van der Waals surface area contributed by atoms with Crippen LogP contribution in [0.15, 0.2) is 41.3 Å². The summed E-state index contributed by atoms with van der Waals surface area (Å²) < 4.78 is 2.17. The van der Waals surface area contributed by atoms with Gasteiger partial charge in [-0.2, -0.15) is 0 Å². The Bertz CT molecular complexity index is 723. The quantitative estimate of drug-likeness (QED) is 0.647. The number of rotatable bonds is 3. The third-order valence-corrected chi connectivity index (χ3v) is 4.70. The van der Waals surface area contributed by atoms with E-state index in [0.717, 1.165) is 36.7 Å². The van der Waals surface area contributed by atoms with Gasteiger partial charge >= 0.3 is 0 Å². The number of ketones is 1. The molecule has 2 aromatic rings. The van der Waals surface area contributed by atoms with Crippen molar-refractivity contribution in [2.24, 2.45) is 11.8 Å². The fourth-order valence-corrected chi connectivity index (χ4v) is 3.52. The van der Waals surface area contributed by atoms with E-state index < -0.39 is 0 Å². The van der Waals surface area contributed by atoms with E-state index in [2.05, 4.69) is 4.57 Å². The third kappa shape index (κ3) is 6.74. The smallest absolute Gasteiger partial charge is 0.189 e. The van der Waals surface area contributed by atoms with Gasteiger partial charge < -0.3 is 4.57 Å². The summed E-state index contributed by atoms with van der Waals surface area (Å²) in [4.78, 5) is 23.5. The van der Waals surface area contributed by atoms with E-state index in [1.807, 2.05) is 58.2 Å². The molecule has 0 bridgehead atoms. The van der Waals surface area contributed by atoms with Gasteiger partial charge in [0.2, 0.25) is 0 Å². The average molecular weight is 432 g/mol. The number of Topliss-reactive ketones (excluding diaryl/α,β-unsaturated/α-hetero) is 1. The van der Waals surface area contributed by atoms with Gasteiger partial charge in [0.05, 0.1) is 5.52 Å². The first-order valence-electron chi connectivity index (χ1n) is 9.74. The summed E-state index contributed by atoms with van der Waals surface area (Å²) in [7, 11) is 0. The monoisotopic (exact) mass is 432 g/mol. The molecule has 1 aliphatic rings. The van der Waals surface area contributed by atoms with Crippen LogP contribution >= 0.6 is 0 Å². The van der Waals surface area contributed by atoms with Gasteiger partial charge in [0.15, 0.2) is 5.43 Å². The molecule has 0 spiro atoms. The number of fused-ring (bicyclic) bond motifs is 1. The van der Waals surface area contributed by atoms with E-state index in [1.54, 1.807) is 13.0 Å². The number of aromatic nitrogens is 1. The molecule has 4 heteroatoms. The Labute approximate surface area is 183 Å². The molecule has 0 saturated heterocycles. The molecule has 26 heavy (non-hydrogen) atoms. The summed E-state index contributed by atoms with van der Waals surface area (Å²) >= 11 is 0. The molecular weight excluding hydrogens is 399 g/mol. The molecule has 1 aromatic carbocycles. The molecule has 0 aliphatic heterocycles. The van der Waals surface area contributed by atoms with Gasteiger partial charge in [-0.15, -0.1) is 0 Å². The second kappa shape index (κ2) is 13.4. The van der Waals surface area contributed by atoms with Crippen LogP contribution in [0.4, 0.5) is 0 Å². The number of hydrogen-bond donors (Lipinski definition) is 0. The number of pyridine rings is 1. The zero-order valence-corrected chi connectivity index (χ0v) is 19.8. The number of nitrogens with zero attached hydrogens (tertiary/aromatic N) is 1. The van der Waals surface area contributed by atoms with Gasteiger partial charge in [-0.25, -0.2) is 0 Å². The van der Waals surface area contributed by atoms with Crippen LogP contribution in [0, 0.1) is 11.8 Å². The molecule has 1 aromatic heterocycles. The maximum Gasteiger partial charge on any atom is 0.189 e. The van der Waals surface area contributed by atoms with Crippen molar-refractivity contribution in [1.82, 2.24) is 4.57 Å². The van der Waals surface area contributed by atoms with E-state index >= 15 is 0 Å². The number of carbonyl (C=O) groups is 1. The molecule has 3 rings (SSSR count). The van der Waals surface area contributed by atoms with Gasteiger partial charge in [-0.05, 0) is 44.2 Å². The van der Waals surface area contributed by atoms with Crippen molar-refractivity contribution < 1.29 is 37.5 Å². The number of para-hydroxylation sites is 1. The Hall–Kier alpha value is -0.796. The predicted octanol–water partition coefficient (Wildman–Crippen LogP) is 5.45. The Morgan fingerprint density at radius 2 is 1.73 bits per heavy atom. The minimum Gasteiger partial charge on any atom is -0.347 e. The van der Waals surface area contributed by atoms with E-state index in [0.29, 0.717) is 11.7 Å². The maximum atomic E-state index is 11.9. The Morgan fingerprint density at radius 1 is 1.08 bits per heavy atom. The van der Waals surface area contributed by atoms with Crippen LogP contribution in [0.2, 0.25) is 0 Å². The second-order valence-corrected chi connectivity index (χ2v) is 6.19. The topological polar surface area (TPSA) is 39.1 Å². The van der Waals surface area contributed by atoms with Crippen molar-refractivity contribution in [3.63, 3.8) is 0 Å². The molecule has 1 radical (unpaired) electrons. The Balaban J connectivity index is 0.00000117. The summed E-state index contributed by atoms with van der Waals surface area (Å²) in [6.07, 6.45) is 6.21. The minimum atomic E-state index is 0. The maximum absolute atomic E-state index is 11.9. The zero-order chi connectivity index (χ0) is 18.8. The summed E-state index contributed by atoms with van der Waals surface area (Å²) in [6, 6.07) is 9.40. The molecule has 0 amide bonds. The first-order valence-corrected chi connectivity index (χ1v) is 9.74. The SMILES string of the molecule is CC.CC.CC(=O)C1CCCC(Cn2ccc(=O)c3ccccc32)C1.[Y]. The van der Waals surface area contributed by atoms with E-state index in [9.17, 15) is 9.59 Å². The predicted molar refractivity (Wildman–Crippen MR) is 107 cm³/mol. The van der Waals surface area contributed by atoms with E-state index in [-0.39, 0.29) is 44.1 Å². The van der Waals surface area contributed by atoms with Gasteiger partial charge in [0, 0.05) is 62.8 Å². The fourth-order valence-electron chi connectivity index (χ4n) is 3.52. The van der Waals surface area contributed by atoms with Crippen molar-refractivity contribution in [2.75, 3.05) is 0 Å². The van der Waals surface area contributed by atoms with Crippen LogP contribution in [-0.4, -0.2) is 10.4 Å². The van der Waals surface area contributed by atoms with Crippen LogP contribution in [0.25, 0.3) is 10.9 Å². The van der Waals surface area contributed by atoms with Crippen LogP contribution < -0.4 is 5.43 Å². The van der Waals surface area contributed by atoms with Crippen molar-refractivity contribution in [2.45, 2.75) is 66.8 Å². The van der Waals surface area contributed by atoms with Crippen LogP contribution in [0.1, 0.15) is 60.3 Å². The number of benzene rings is 1. The summed E-state index contributed by atoms with van der Waals surface area (Å²) in [5, 5.41) is 0.777. The molecule has 141 valence electrons. The molecule has 3 nitrogen and oxygen atoms in total. The normalized spacial score (nSPS) is 18.5. The van der Waals surface area contributed by atoms with E-state index in [1.165, 1.54) is 6.42 Å². The van der Waals surface area contributed by atoms with Gasteiger partial charge in [0.25, 0.3) is 0 Å². The molecule has 1 heterocycles. The van der Waals surface area contributed by atoms with Crippen LogP contribution in [0.5, 0.6) is 0 Å². The third-order valence-electron chi connectivity index (χ3n) is 4.70. The molecular formula is C22H33NO2Y. The standard InChI is InChI=1S/C18H21NO2.2C2H6.Y/c1-13(20)15-6-4-5-14(11-15)12-19-10-9-18(21)16-7-2-3-8-17(16)19;2*1-2;/h2-3,7-10,14-15H,4-6,11-12H2,1H3;2*1-2H3;. The number of carbonyl (C=O) groups excluding carboxylic acids is 1. The molecule has 1 fully saturated rings. The van der Waals surface area contributed by atoms with Gasteiger partial charge in [-0.1, -0.05) is 46.2 Å². The molecule has 1 saturated carbocycles. The van der Waals surface area contributed by atoms with Crippen molar-refractivity contribution in [1.29, 1.82) is 0 Å². The Kier molecular flexibility index (Phi) is 13.0. The van der Waals surface area contributed by atoms with Crippen molar-refractivity contribution in [3.8, 4) is 0 Å². The van der Waals surface area contributed by atoms with Crippen molar-refractivity contribution >= 4 is 16.7 Å². The Morgan fingerprint density at radius 3 is 2.38 bits per heavy atom. The molecule has 0 N–H and O–H groups in total. The second-order valence-electron chi connectivity index (χ2n) is 6.19. The summed E-state index contributed by atoms with van der Waals surface area (Å²) in [5.41, 5.74) is 1.07. The number of hydrogen-bond acceptors (Lipinski definition) is 2. The van der Waals surface area contributed by atoms with Crippen LogP contribution in [0.3, 0.4) is 0 Å².